The van der Waals surface area contributed by atoms with Gasteiger partial charge in [-0.1, -0.05) is 12.1 Å². The zero-order valence-corrected chi connectivity index (χ0v) is 18.7. The summed E-state index contributed by atoms with van der Waals surface area (Å²) in [6.07, 6.45) is 1.22. The highest BCUT2D eigenvalue weighted by Gasteiger charge is 2.32. The standard InChI is InChI=1S/C25H23F2N3O5/c26-25(27)35-19-5-4-14(9-21(19)33-18-6-7-32-13-18)17-8-16(24(31)29-12-17)10-22-30-23-15(11-28)2-1-3-20(23)34-22/h1-5,9,16-18,25H,6-8,10,12-13H2,(H,29,31)/t16-,17+,18?/m0/s1. The Hall–Kier alpha value is -3.71. The molecule has 2 fully saturated rings. The van der Waals surface area contributed by atoms with E-state index in [1.165, 1.54) is 6.07 Å². The molecule has 5 rings (SSSR count). The van der Waals surface area contributed by atoms with Crippen molar-refractivity contribution in [2.24, 2.45) is 5.92 Å². The lowest BCUT2D eigenvalue weighted by molar-refractivity contribution is -0.127. The second kappa shape index (κ2) is 9.88. The second-order valence-corrected chi connectivity index (χ2v) is 8.64. The summed E-state index contributed by atoms with van der Waals surface area (Å²) in [5.41, 5.74) is 2.23. The molecule has 182 valence electrons. The molecule has 2 saturated heterocycles. The number of fused-ring (bicyclic) bond motifs is 1. The number of nitrogens with zero attached hydrogens (tertiary/aromatic N) is 2. The van der Waals surface area contributed by atoms with Crippen molar-refractivity contribution in [3.63, 3.8) is 0 Å². The van der Waals surface area contributed by atoms with Crippen LogP contribution in [0.3, 0.4) is 0 Å². The Labute approximate surface area is 199 Å². The topological polar surface area (TPSA) is 107 Å². The van der Waals surface area contributed by atoms with Gasteiger partial charge in [-0.15, -0.1) is 0 Å². The molecule has 2 aromatic carbocycles. The average molecular weight is 483 g/mol. The number of hydrogen-bond donors (Lipinski definition) is 1. The molecular formula is C25H23F2N3O5. The smallest absolute Gasteiger partial charge is 0.387 e. The number of nitrogens with one attached hydrogen (secondary N) is 1. The van der Waals surface area contributed by atoms with Crippen molar-refractivity contribution in [2.45, 2.75) is 37.9 Å². The van der Waals surface area contributed by atoms with Gasteiger partial charge in [-0.25, -0.2) is 4.98 Å². The van der Waals surface area contributed by atoms with Gasteiger partial charge < -0.3 is 23.9 Å². The first-order chi connectivity index (χ1) is 17.0. The van der Waals surface area contributed by atoms with Crippen molar-refractivity contribution in [1.82, 2.24) is 10.3 Å². The number of aromatic nitrogens is 1. The number of carbonyl (C=O) groups excluding carboxylic acids is 1. The van der Waals surface area contributed by atoms with Crippen molar-refractivity contribution in [3.05, 3.63) is 53.4 Å². The van der Waals surface area contributed by atoms with E-state index in [1.54, 1.807) is 30.3 Å². The van der Waals surface area contributed by atoms with Gasteiger partial charge in [0.2, 0.25) is 5.91 Å². The number of oxazole rings is 1. The SMILES string of the molecule is N#Cc1cccc2oc(C[C@@H]3C[C@@H](c4ccc(OC(F)F)c(OC5CCOC5)c4)CNC3=O)nc12. The van der Waals surface area contributed by atoms with E-state index in [0.717, 1.165) is 5.56 Å². The molecule has 10 heteroatoms. The Balaban J connectivity index is 1.35. The summed E-state index contributed by atoms with van der Waals surface area (Å²) in [5, 5.41) is 12.2. The zero-order chi connectivity index (χ0) is 24.4. The van der Waals surface area contributed by atoms with E-state index in [1.807, 2.05) is 0 Å². The molecule has 0 spiro atoms. The average Bonchev–Trinajstić information content (AvgIpc) is 3.50. The first kappa shape index (κ1) is 23.1. The normalized spacial score (nSPS) is 22.2. The number of alkyl halides is 2. The lowest BCUT2D eigenvalue weighted by atomic mass is 9.83. The summed E-state index contributed by atoms with van der Waals surface area (Å²) >= 11 is 0. The Bertz CT molecular complexity index is 1270. The Morgan fingerprint density at radius 2 is 2.14 bits per heavy atom. The molecule has 35 heavy (non-hydrogen) atoms. The third-order valence-corrected chi connectivity index (χ3v) is 6.30. The van der Waals surface area contributed by atoms with E-state index >= 15 is 0 Å². The third-order valence-electron chi connectivity index (χ3n) is 6.30. The van der Waals surface area contributed by atoms with Crippen LogP contribution in [0.1, 0.15) is 35.8 Å². The molecule has 3 heterocycles. The minimum absolute atomic E-state index is 0.0354. The minimum atomic E-state index is -2.97. The van der Waals surface area contributed by atoms with Crippen LogP contribution in [0.5, 0.6) is 11.5 Å². The number of halogens is 2. The fourth-order valence-corrected chi connectivity index (χ4v) is 4.56. The molecule has 0 saturated carbocycles. The van der Waals surface area contributed by atoms with Crippen LogP contribution < -0.4 is 14.8 Å². The Morgan fingerprint density at radius 1 is 1.26 bits per heavy atom. The van der Waals surface area contributed by atoms with Crippen molar-refractivity contribution in [1.29, 1.82) is 5.26 Å². The fourth-order valence-electron chi connectivity index (χ4n) is 4.56. The predicted molar refractivity (Wildman–Crippen MR) is 119 cm³/mol. The van der Waals surface area contributed by atoms with Crippen molar-refractivity contribution < 1.29 is 32.2 Å². The van der Waals surface area contributed by atoms with E-state index in [4.69, 9.17) is 13.9 Å². The van der Waals surface area contributed by atoms with Crippen LogP contribution in [-0.4, -0.2) is 43.4 Å². The molecule has 3 aromatic rings. The van der Waals surface area contributed by atoms with Crippen LogP contribution in [0.4, 0.5) is 8.78 Å². The monoisotopic (exact) mass is 483 g/mol. The highest BCUT2D eigenvalue weighted by atomic mass is 19.3. The number of piperidine rings is 1. The fraction of sp³-hybridized carbons (Fsp3) is 0.400. The van der Waals surface area contributed by atoms with Gasteiger partial charge in [0.1, 0.15) is 17.7 Å². The Morgan fingerprint density at radius 3 is 2.91 bits per heavy atom. The van der Waals surface area contributed by atoms with Gasteiger partial charge in [-0.05, 0) is 36.2 Å². The lowest BCUT2D eigenvalue weighted by Crippen LogP contribution is -2.41. The molecule has 1 N–H and O–H groups in total. The number of carbonyl (C=O) groups is 1. The highest BCUT2D eigenvalue weighted by Crippen LogP contribution is 2.37. The molecular weight excluding hydrogens is 460 g/mol. The summed E-state index contributed by atoms with van der Waals surface area (Å²) in [4.78, 5) is 17.0. The van der Waals surface area contributed by atoms with E-state index in [9.17, 15) is 18.8 Å². The maximum atomic E-state index is 12.9. The van der Waals surface area contributed by atoms with Crippen LogP contribution in [0.2, 0.25) is 0 Å². The van der Waals surface area contributed by atoms with Crippen molar-refractivity contribution >= 4 is 17.0 Å². The van der Waals surface area contributed by atoms with E-state index < -0.39 is 12.5 Å². The second-order valence-electron chi connectivity index (χ2n) is 8.64. The molecule has 1 aromatic heterocycles. The van der Waals surface area contributed by atoms with Crippen LogP contribution in [0, 0.1) is 17.2 Å². The van der Waals surface area contributed by atoms with Gasteiger partial charge >= 0.3 is 6.61 Å². The van der Waals surface area contributed by atoms with E-state index in [0.29, 0.717) is 55.2 Å². The number of benzene rings is 2. The number of rotatable bonds is 7. The number of hydrogen-bond acceptors (Lipinski definition) is 7. The summed E-state index contributed by atoms with van der Waals surface area (Å²) in [6, 6.07) is 12.1. The summed E-state index contributed by atoms with van der Waals surface area (Å²) < 4.78 is 47.5. The zero-order valence-electron chi connectivity index (χ0n) is 18.7. The Kier molecular flexibility index (Phi) is 6.51. The van der Waals surface area contributed by atoms with Gasteiger partial charge in [0.25, 0.3) is 0 Å². The molecule has 1 unspecified atom stereocenters. The third kappa shape index (κ3) is 5.05. The van der Waals surface area contributed by atoms with Gasteiger partial charge in [-0.3, -0.25) is 4.79 Å². The maximum absolute atomic E-state index is 12.9. The van der Waals surface area contributed by atoms with Gasteiger partial charge in [0.15, 0.2) is 23.0 Å². The van der Waals surface area contributed by atoms with Crippen LogP contribution in [-0.2, 0) is 16.0 Å². The van der Waals surface area contributed by atoms with E-state index in [-0.39, 0.29) is 35.8 Å². The number of amides is 1. The maximum Gasteiger partial charge on any atom is 0.387 e. The number of para-hydroxylation sites is 1. The van der Waals surface area contributed by atoms with Gasteiger partial charge in [0, 0.05) is 31.2 Å². The largest absolute Gasteiger partial charge is 0.484 e. The van der Waals surface area contributed by atoms with Crippen LogP contribution in [0.25, 0.3) is 11.1 Å². The summed E-state index contributed by atoms with van der Waals surface area (Å²) in [7, 11) is 0. The quantitative estimate of drug-likeness (QED) is 0.543. The predicted octanol–water partition coefficient (Wildman–Crippen LogP) is 3.93. The lowest BCUT2D eigenvalue weighted by Gasteiger charge is -2.29. The van der Waals surface area contributed by atoms with Gasteiger partial charge in [-0.2, -0.15) is 14.0 Å². The van der Waals surface area contributed by atoms with Crippen LogP contribution in [0.15, 0.2) is 40.8 Å². The minimum Gasteiger partial charge on any atom is -0.484 e. The van der Waals surface area contributed by atoms with Crippen LogP contribution >= 0.6 is 0 Å². The molecule has 3 atom stereocenters. The van der Waals surface area contributed by atoms with Gasteiger partial charge in [0.05, 0.1) is 18.8 Å². The number of ether oxygens (including phenoxy) is 3. The molecule has 0 aliphatic carbocycles. The van der Waals surface area contributed by atoms with E-state index in [2.05, 4.69) is 21.1 Å². The molecule has 2 aliphatic rings. The molecule has 8 nitrogen and oxygen atoms in total. The highest BCUT2D eigenvalue weighted by molar-refractivity contribution is 5.81. The molecule has 2 aliphatic heterocycles. The molecule has 0 radical (unpaired) electrons. The first-order valence-electron chi connectivity index (χ1n) is 11.4. The number of nitriles is 1. The summed E-state index contributed by atoms with van der Waals surface area (Å²) in [5.74, 6) is -0.00584. The summed E-state index contributed by atoms with van der Waals surface area (Å²) in [6.45, 7) is -1.63. The van der Waals surface area contributed by atoms with Crippen molar-refractivity contribution in [3.8, 4) is 17.6 Å². The first-order valence-corrected chi connectivity index (χ1v) is 11.4. The van der Waals surface area contributed by atoms with Crippen molar-refractivity contribution in [2.75, 3.05) is 19.8 Å². The molecule has 0 bridgehead atoms. The molecule has 1 amide bonds.